The molecule has 112 valence electrons. The largest absolute Gasteiger partial charge is 0.416 e. The smallest absolute Gasteiger partial charge is 0.269 e. The first-order valence-electron chi connectivity index (χ1n) is 5.55. The van der Waals surface area contributed by atoms with Crippen LogP contribution in [0.1, 0.15) is 5.56 Å². The summed E-state index contributed by atoms with van der Waals surface area (Å²) >= 11 is 0. The minimum atomic E-state index is -4.83. The van der Waals surface area contributed by atoms with Crippen LogP contribution in [0.2, 0.25) is 0 Å². The zero-order valence-corrected chi connectivity index (χ0v) is 11.1. The van der Waals surface area contributed by atoms with Gasteiger partial charge in [0.15, 0.2) is 0 Å². The van der Waals surface area contributed by atoms with Gasteiger partial charge in [0.2, 0.25) is 0 Å². The van der Waals surface area contributed by atoms with Crippen molar-refractivity contribution < 1.29 is 26.1 Å². The van der Waals surface area contributed by atoms with E-state index < -0.39 is 22.0 Å². The van der Waals surface area contributed by atoms with Crippen LogP contribution >= 0.6 is 0 Å². The third-order valence-electron chi connectivity index (χ3n) is 2.50. The molecule has 1 aromatic heterocycles. The maximum atomic E-state index is 12.7. The monoisotopic (exact) mass is 318 g/mol. The van der Waals surface area contributed by atoms with Crippen LogP contribution in [-0.2, 0) is 16.5 Å². The Kier molecular flexibility index (Phi) is 3.88. The number of halogens is 3. The van der Waals surface area contributed by atoms with Crippen LogP contribution < -0.4 is 4.31 Å². The molecular formula is C12H9F3N2O3S. The highest BCUT2D eigenvalue weighted by atomic mass is 32.2. The van der Waals surface area contributed by atoms with E-state index in [9.17, 15) is 26.1 Å². The zero-order valence-electron chi connectivity index (χ0n) is 10.3. The van der Waals surface area contributed by atoms with E-state index >= 15 is 0 Å². The second kappa shape index (κ2) is 5.34. The highest BCUT2D eigenvalue weighted by molar-refractivity contribution is 7.87. The van der Waals surface area contributed by atoms with E-state index in [1.165, 1.54) is 24.4 Å². The molecule has 2 aromatic rings. The van der Waals surface area contributed by atoms with E-state index in [-0.39, 0.29) is 11.5 Å². The lowest BCUT2D eigenvalue weighted by atomic mass is 10.2. The van der Waals surface area contributed by atoms with Crippen molar-refractivity contribution in [2.24, 2.45) is 0 Å². The molecule has 0 saturated carbocycles. The molecule has 0 aliphatic rings. The van der Waals surface area contributed by atoms with Crippen LogP contribution in [-0.4, -0.2) is 18.0 Å². The lowest BCUT2D eigenvalue weighted by molar-refractivity contribution is -0.137. The molecule has 0 aliphatic carbocycles. The molecule has 0 fully saturated rings. The Morgan fingerprint density at radius 1 is 1.10 bits per heavy atom. The number of benzene rings is 1. The number of hydrogen-bond donors (Lipinski definition) is 1. The molecule has 21 heavy (non-hydrogen) atoms. The molecule has 2 rings (SSSR count). The van der Waals surface area contributed by atoms with Crippen molar-refractivity contribution >= 4 is 21.8 Å². The van der Waals surface area contributed by atoms with Crippen molar-refractivity contribution in [1.82, 2.24) is 4.98 Å². The number of hydrogen-bond acceptors (Lipinski definition) is 3. The molecule has 9 heteroatoms. The number of rotatable bonds is 3. The van der Waals surface area contributed by atoms with Gasteiger partial charge in [0.25, 0.3) is 0 Å². The molecule has 0 bridgehead atoms. The first-order valence-corrected chi connectivity index (χ1v) is 6.95. The van der Waals surface area contributed by atoms with Crippen molar-refractivity contribution in [3.8, 4) is 0 Å². The van der Waals surface area contributed by atoms with E-state index in [1.54, 1.807) is 0 Å². The molecule has 1 heterocycles. The fourth-order valence-corrected chi connectivity index (χ4v) is 2.39. The number of pyridine rings is 1. The fourth-order valence-electron chi connectivity index (χ4n) is 1.67. The van der Waals surface area contributed by atoms with Crippen molar-refractivity contribution in [1.29, 1.82) is 0 Å². The Bertz CT molecular complexity index is 733. The maximum absolute atomic E-state index is 12.7. The van der Waals surface area contributed by atoms with E-state index in [2.05, 4.69) is 4.98 Å². The van der Waals surface area contributed by atoms with Gasteiger partial charge in [0, 0.05) is 6.20 Å². The predicted octanol–water partition coefficient (Wildman–Crippen LogP) is 3.04. The van der Waals surface area contributed by atoms with Gasteiger partial charge in [-0.2, -0.15) is 25.9 Å². The Morgan fingerprint density at radius 2 is 1.81 bits per heavy atom. The molecule has 0 radical (unpaired) electrons. The van der Waals surface area contributed by atoms with Crippen molar-refractivity contribution in [2.45, 2.75) is 6.18 Å². The molecule has 0 saturated heterocycles. The van der Waals surface area contributed by atoms with Crippen molar-refractivity contribution in [3.05, 3.63) is 54.2 Å². The zero-order chi connectivity index (χ0) is 15.7. The SMILES string of the molecule is O=S(=O)(O)N(c1cccc(C(F)(F)F)c1)c1ccccn1. The average Bonchev–Trinajstić information content (AvgIpc) is 2.38. The third-order valence-corrected chi connectivity index (χ3v) is 3.36. The Labute approximate surface area is 118 Å². The van der Waals surface area contributed by atoms with E-state index in [1.807, 2.05) is 0 Å². The van der Waals surface area contributed by atoms with Gasteiger partial charge >= 0.3 is 16.5 Å². The Morgan fingerprint density at radius 3 is 2.33 bits per heavy atom. The molecule has 0 aliphatic heterocycles. The van der Waals surface area contributed by atoms with Crippen LogP contribution in [0.15, 0.2) is 48.7 Å². The lowest BCUT2D eigenvalue weighted by Crippen LogP contribution is -2.26. The maximum Gasteiger partial charge on any atom is 0.416 e. The molecule has 0 atom stereocenters. The fraction of sp³-hybridized carbons (Fsp3) is 0.0833. The highest BCUT2D eigenvalue weighted by Gasteiger charge is 2.32. The van der Waals surface area contributed by atoms with Crippen LogP contribution in [0.3, 0.4) is 0 Å². The molecule has 1 aromatic carbocycles. The average molecular weight is 318 g/mol. The summed E-state index contributed by atoms with van der Waals surface area (Å²) in [6, 6.07) is 7.75. The van der Waals surface area contributed by atoms with E-state index in [0.29, 0.717) is 10.4 Å². The standard InChI is InChI=1S/C12H9F3N2O3S/c13-12(14,15)9-4-3-5-10(8-9)17(21(18,19)20)11-6-1-2-7-16-11/h1-8H,(H,18,19,20). The van der Waals surface area contributed by atoms with Gasteiger partial charge in [-0.1, -0.05) is 12.1 Å². The van der Waals surface area contributed by atoms with Crippen LogP contribution in [0, 0.1) is 0 Å². The summed E-state index contributed by atoms with van der Waals surface area (Å²) < 4.78 is 70.5. The highest BCUT2D eigenvalue weighted by Crippen LogP contribution is 2.34. The molecule has 0 spiro atoms. The molecule has 0 amide bonds. The molecule has 5 nitrogen and oxygen atoms in total. The second-order valence-electron chi connectivity index (χ2n) is 3.98. The number of nitrogens with zero attached hydrogens (tertiary/aromatic N) is 2. The Balaban J connectivity index is 2.59. The predicted molar refractivity (Wildman–Crippen MR) is 69.4 cm³/mol. The normalized spacial score (nSPS) is 12.2. The minimum absolute atomic E-state index is 0.223. The number of alkyl halides is 3. The van der Waals surface area contributed by atoms with Gasteiger partial charge in [-0.05, 0) is 30.3 Å². The number of anilines is 2. The van der Waals surface area contributed by atoms with Gasteiger partial charge < -0.3 is 0 Å². The summed E-state index contributed by atoms with van der Waals surface area (Å²) in [6.45, 7) is 0. The van der Waals surface area contributed by atoms with Gasteiger partial charge in [0.1, 0.15) is 5.82 Å². The first kappa shape index (κ1) is 15.3. The summed E-state index contributed by atoms with van der Waals surface area (Å²) in [5.41, 5.74) is -1.41. The second-order valence-corrected chi connectivity index (χ2v) is 5.24. The first-order chi connectivity index (χ1) is 9.69. The van der Waals surface area contributed by atoms with Crippen LogP contribution in [0.5, 0.6) is 0 Å². The molecule has 1 N–H and O–H groups in total. The number of aromatic nitrogens is 1. The van der Waals surface area contributed by atoms with Gasteiger partial charge in [0.05, 0.1) is 11.3 Å². The quantitative estimate of drug-likeness (QED) is 0.883. The third kappa shape index (κ3) is 3.50. The van der Waals surface area contributed by atoms with Gasteiger partial charge in [-0.25, -0.2) is 4.98 Å². The summed E-state index contributed by atoms with van der Waals surface area (Å²) in [5.74, 6) is -0.223. The Hall–Kier alpha value is -2.13. The molecular weight excluding hydrogens is 309 g/mol. The van der Waals surface area contributed by atoms with Crippen LogP contribution in [0.25, 0.3) is 0 Å². The minimum Gasteiger partial charge on any atom is -0.269 e. The summed E-state index contributed by atoms with van der Waals surface area (Å²) in [7, 11) is -4.83. The lowest BCUT2D eigenvalue weighted by Gasteiger charge is -2.20. The van der Waals surface area contributed by atoms with Crippen molar-refractivity contribution in [3.63, 3.8) is 0 Å². The van der Waals surface area contributed by atoms with Gasteiger partial charge in [-0.15, -0.1) is 0 Å². The summed E-state index contributed by atoms with van der Waals surface area (Å²) in [4.78, 5) is 3.72. The summed E-state index contributed by atoms with van der Waals surface area (Å²) in [6.07, 6.45) is -3.38. The molecule has 0 unspecified atom stereocenters. The van der Waals surface area contributed by atoms with Crippen LogP contribution in [0.4, 0.5) is 24.7 Å². The van der Waals surface area contributed by atoms with Gasteiger partial charge in [-0.3, -0.25) is 4.55 Å². The topological polar surface area (TPSA) is 70.5 Å². The summed E-state index contributed by atoms with van der Waals surface area (Å²) in [5, 5.41) is 0. The van der Waals surface area contributed by atoms with E-state index in [4.69, 9.17) is 0 Å². The van der Waals surface area contributed by atoms with E-state index in [0.717, 1.165) is 18.2 Å². The van der Waals surface area contributed by atoms with Crippen molar-refractivity contribution in [2.75, 3.05) is 4.31 Å².